The molecule has 0 spiro atoms. The fraction of sp³-hybridized carbons (Fsp3) is 0.200. The summed E-state index contributed by atoms with van der Waals surface area (Å²) in [6.07, 6.45) is 0. The van der Waals surface area contributed by atoms with Crippen LogP contribution in [0.2, 0.25) is 0 Å². The first-order chi connectivity index (χ1) is 7.49. The molecule has 0 aromatic heterocycles. The number of anilines is 1. The van der Waals surface area contributed by atoms with Gasteiger partial charge in [-0.25, -0.2) is 0 Å². The van der Waals surface area contributed by atoms with Crippen LogP contribution in [0.4, 0.5) is 5.69 Å². The predicted molar refractivity (Wildman–Crippen MR) is 73.2 cm³/mol. The summed E-state index contributed by atoms with van der Waals surface area (Å²) in [7, 11) is 1.80. The van der Waals surface area contributed by atoms with Crippen LogP contribution < -0.4 is 5.73 Å². The zero-order chi connectivity index (χ0) is 12.1. The lowest BCUT2D eigenvalue weighted by atomic mass is 10.3. The third-order valence-electron chi connectivity index (χ3n) is 1.66. The molecule has 6 heteroatoms. The summed E-state index contributed by atoms with van der Waals surface area (Å²) in [5.74, 6) is 0. The molecule has 1 aromatic carbocycles. The minimum absolute atomic E-state index is 0.342. The number of hydrogen-bond acceptors (Lipinski definition) is 5. The fourth-order valence-corrected chi connectivity index (χ4v) is 2.24. The Labute approximate surface area is 104 Å². The van der Waals surface area contributed by atoms with Crippen molar-refractivity contribution >= 4 is 39.6 Å². The van der Waals surface area contributed by atoms with Gasteiger partial charge >= 0.3 is 0 Å². The molecule has 0 saturated heterocycles. The number of rotatable bonds is 2. The van der Waals surface area contributed by atoms with Crippen LogP contribution >= 0.6 is 23.7 Å². The number of nitrogen functional groups attached to an aromatic ring is 1. The van der Waals surface area contributed by atoms with Crippen molar-refractivity contribution in [2.45, 2.75) is 11.8 Å². The number of amidine groups is 1. The van der Waals surface area contributed by atoms with Gasteiger partial charge in [-0.1, -0.05) is 0 Å². The van der Waals surface area contributed by atoms with Crippen LogP contribution in [0.5, 0.6) is 0 Å². The maximum Gasteiger partial charge on any atom is 0.172 e. The summed E-state index contributed by atoms with van der Waals surface area (Å²) in [6.45, 7) is 1.67. The van der Waals surface area contributed by atoms with Crippen molar-refractivity contribution in [2.75, 3.05) is 12.8 Å². The van der Waals surface area contributed by atoms with Crippen molar-refractivity contribution in [3.05, 3.63) is 24.3 Å². The Balaban J connectivity index is 2.57. The van der Waals surface area contributed by atoms with E-state index in [0.717, 1.165) is 22.3 Å². The molecule has 0 fully saturated rings. The highest BCUT2D eigenvalue weighted by Crippen LogP contribution is 2.24. The SMILES string of the molecule is CC(=N)SC(=N)N(C)Sc1ccc(N)cc1. The summed E-state index contributed by atoms with van der Waals surface area (Å²) in [6, 6.07) is 7.47. The molecular formula is C10H14N4S2. The summed E-state index contributed by atoms with van der Waals surface area (Å²) in [4.78, 5) is 1.02. The van der Waals surface area contributed by atoms with Gasteiger partial charge in [0.25, 0.3) is 0 Å². The summed E-state index contributed by atoms with van der Waals surface area (Å²) in [5, 5.41) is 15.8. The second-order valence-electron chi connectivity index (χ2n) is 3.12. The monoisotopic (exact) mass is 254 g/mol. The first-order valence-electron chi connectivity index (χ1n) is 4.58. The Morgan fingerprint density at radius 2 is 1.81 bits per heavy atom. The van der Waals surface area contributed by atoms with E-state index in [4.69, 9.17) is 16.6 Å². The van der Waals surface area contributed by atoms with E-state index in [1.165, 1.54) is 11.9 Å². The molecule has 0 radical (unpaired) electrons. The Kier molecular flexibility index (Phi) is 4.70. The lowest BCUT2D eigenvalue weighted by molar-refractivity contribution is 0.854. The van der Waals surface area contributed by atoms with Gasteiger partial charge < -0.3 is 5.73 Å². The predicted octanol–water partition coefficient (Wildman–Crippen LogP) is 2.87. The molecule has 1 aromatic rings. The van der Waals surface area contributed by atoms with Gasteiger partial charge in [-0.3, -0.25) is 15.1 Å². The molecule has 4 nitrogen and oxygen atoms in total. The molecule has 0 aliphatic carbocycles. The van der Waals surface area contributed by atoms with E-state index in [-0.39, 0.29) is 0 Å². The maximum absolute atomic E-state index is 7.72. The molecule has 0 unspecified atom stereocenters. The van der Waals surface area contributed by atoms with Crippen molar-refractivity contribution in [1.29, 1.82) is 10.8 Å². The lowest BCUT2D eigenvalue weighted by Crippen LogP contribution is -2.15. The number of benzene rings is 1. The molecule has 0 aliphatic heterocycles. The van der Waals surface area contributed by atoms with Gasteiger partial charge in [0.1, 0.15) is 0 Å². The third kappa shape index (κ3) is 4.16. The summed E-state index contributed by atoms with van der Waals surface area (Å²) < 4.78 is 1.72. The number of hydrogen-bond donors (Lipinski definition) is 3. The molecular weight excluding hydrogens is 240 g/mol. The third-order valence-corrected chi connectivity index (χ3v) is 3.49. The topological polar surface area (TPSA) is 77.0 Å². The summed E-state index contributed by atoms with van der Waals surface area (Å²) >= 11 is 2.57. The summed E-state index contributed by atoms with van der Waals surface area (Å²) in [5.41, 5.74) is 6.31. The standard InChI is InChI=1S/C10H14N4S2/c1-7(11)15-10(13)14(2)16-9-5-3-8(12)4-6-9/h3-6,11,13H,12H2,1-2H3. The second-order valence-corrected chi connectivity index (χ2v) is 5.53. The number of nitrogens with zero attached hydrogens (tertiary/aromatic N) is 1. The Hall–Kier alpha value is -1.14. The van der Waals surface area contributed by atoms with Gasteiger partial charge in [-0.15, -0.1) is 0 Å². The van der Waals surface area contributed by atoms with Gasteiger partial charge in [0.2, 0.25) is 0 Å². The van der Waals surface area contributed by atoms with Gasteiger partial charge in [-0.2, -0.15) is 0 Å². The van der Waals surface area contributed by atoms with Crippen molar-refractivity contribution in [2.24, 2.45) is 0 Å². The van der Waals surface area contributed by atoms with Crippen LogP contribution in [0.1, 0.15) is 6.92 Å². The van der Waals surface area contributed by atoms with Crippen molar-refractivity contribution < 1.29 is 0 Å². The molecule has 1 rings (SSSR count). The first-order valence-corrected chi connectivity index (χ1v) is 6.17. The molecule has 0 saturated carbocycles. The van der Waals surface area contributed by atoms with E-state index in [1.807, 2.05) is 24.3 Å². The molecule has 16 heavy (non-hydrogen) atoms. The normalized spacial score (nSPS) is 9.88. The van der Waals surface area contributed by atoms with Crippen molar-refractivity contribution in [1.82, 2.24) is 4.31 Å². The van der Waals surface area contributed by atoms with E-state index < -0.39 is 0 Å². The fourth-order valence-electron chi connectivity index (χ4n) is 0.938. The molecule has 0 aliphatic rings. The Morgan fingerprint density at radius 1 is 1.25 bits per heavy atom. The number of thioether (sulfide) groups is 1. The highest BCUT2D eigenvalue weighted by Gasteiger charge is 2.08. The van der Waals surface area contributed by atoms with Crippen LogP contribution in [0.3, 0.4) is 0 Å². The minimum atomic E-state index is 0.342. The zero-order valence-electron chi connectivity index (χ0n) is 9.15. The average Bonchev–Trinajstić information content (AvgIpc) is 2.20. The minimum Gasteiger partial charge on any atom is -0.399 e. The molecule has 86 valence electrons. The Bertz CT molecular complexity index is 388. The Morgan fingerprint density at radius 3 is 2.31 bits per heavy atom. The van der Waals surface area contributed by atoms with Crippen LogP contribution in [0.15, 0.2) is 29.2 Å². The van der Waals surface area contributed by atoms with Crippen LogP contribution in [-0.2, 0) is 0 Å². The smallest absolute Gasteiger partial charge is 0.172 e. The molecule has 0 heterocycles. The average molecular weight is 254 g/mol. The first kappa shape index (κ1) is 12.9. The zero-order valence-corrected chi connectivity index (χ0v) is 10.8. The largest absolute Gasteiger partial charge is 0.399 e. The number of nitrogens with two attached hydrogens (primary N) is 1. The molecule has 0 bridgehead atoms. The van der Waals surface area contributed by atoms with Crippen molar-refractivity contribution in [3.8, 4) is 0 Å². The van der Waals surface area contributed by atoms with Crippen LogP contribution in [0, 0.1) is 10.8 Å². The van der Waals surface area contributed by atoms with Crippen LogP contribution in [0.25, 0.3) is 0 Å². The van der Waals surface area contributed by atoms with Gasteiger partial charge in [0, 0.05) is 17.6 Å². The van der Waals surface area contributed by atoms with E-state index >= 15 is 0 Å². The van der Waals surface area contributed by atoms with E-state index in [1.54, 1.807) is 18.3 Å². The highest BCUT2D eigenvalue weighted by molar-refractivity contribution is 8.27. The van der Waals surface area contributed by atoms with E-state index in [0.29, 0.717) is 10.2 Å². The van der Waals surface area contributed by atoms with Crippen LogP contribution in [-0.4, -0.2) is 21.6 Å². The second kappa shape index (κ2) is 5.81. The van der Waals surface area contributed by atoms with E-state index in [9.17, 15) is 0 Å². The molecule has 0 atom stereocenters. The molecule has 4 N–H and O–H groups in total. The molecule has 0 amide bonds. The van der Waals surface area contributed by atoms with Gasteiger partial charge in [0.15, 0.2) is 5.17 Å². The van der Waals surface area contributed by atoms with Gasteiger partial charge in [0.05, 0.1) is 5.04 Å². The lowest BCUT2D eigenvalue weighted by Gasteiger charge is -2.17. The van der Waals surface area contributed by atoms with E-state index in [2.05, 4.69) is 0 Å². The van der Waals surface area contributed by atoms with Crippen molar-refractivity contribution in [3.63, 3.8) is 0 Å². The maximum atomic E-state index is 7.72. The van der Waals surface area contributed by atoms with Gasteiger partial charge in [-0.05, 0) is 54.9 Å². The quantitative estimate of drug-likeness (QED) is 0.328. The highest BCUT2D eigenvalue weighted by atomic mass is 32.2. The number of nitrogens with one attached hydrogen (secondary N) is 2.